The van der Waals surface area contributed by atoms with E-state index < -0.39 is 10.7 Å². The highest BCUT2D eigenvalue weighted by Gasteiger charge is 2.09. The molecule has 0 fully saturated rings. The fourth-order valence-corrected chi connectivity index (χ4v) is 1.57. The van der Waals surface area contributed by atoms with Gasteiger partial charge in [-0.1, -0.05) is 13.3 Å². The zero-order valence-electron chi connectivity index (χ0n) is 11.0. The summed E-state index contributed by atoms with van der Waals surface area (Å²) in [4.78, 5) is 9.98. The topological polar surface area (TPSA) is 64.4 Å². The summed E-state index contributed by atoms with van der Waals surface area (Å²) in [7, 11) is 0. The molecular formula is C13H19FN2O3. The van der Waals surface area contributed by atoms with Gasteiger partial charge in [0.05, 0.1) is 17.6 Å². The van der Waals surface area contributed by atoms with E-state index in [1.54, 1.807) is 0 Å². The van der Waals surface area contributed by atoms with Crippen molar-refractivity contribution in [2.45, 2.75) is 26.3 Å². The number of nitro groups is 1. The maximum atomic E-state index is 13.1. The van der Waals surface area contributed by atoms with Crippen LogP contribution in [0.1, 0.15) is 25.3 Å². The average Bonchev–Trinajstić information content (AvgIpc) is 2.37. The summed E-state index contributed by atoms with van der Waals surface area (Å²) in [5.74, 6) is -0.592. The van der Waals surface area contributed by atoms with E-state index in [0.717, 1.165) is 25.5 Å². The van der Waals surface area contributed by atoms with Gasteiger partial charge >= 0.3 is 0 Å². The fraction of sp³-hybridized carbons (Fsp3) is 0.538. The number of nitrogens with one attached hydrogen (secondary N) is 1. The summed E-state index contributed by atoms with van der Waals surface area (Å²) in [6, 6.07) is 3.57. The van der Waals surface area contributed by atoms with Gasteiger partial charge in [0.15, 0.2) is 0 Å². The Balaban J connectivity index is 2.31. The van der Waals surface area contributed by atoms with E-state index in [-0.39, 0.29) is 5.69 Å². The van der Waals surface area contributed by atoms with Crippen LogP contribution in [0.2, 0.25) is 0 Å². The third-order valence-corrected chi connectivity index (χ3v) is 2.55. The minimum Gasteiger partial charge on any atom is -0.380 e. The van der Waals surface area contributed by atoms with E-state index in [2.05, 4.69) is 12.2 Å². The number of hydrogen-bond donors (Lipinski definition) is 1. The van der Waals surface area contributed by atoms with Crippen LogP contribution in [0.3, 0.4) is 0 Å². The number of ether oxygens (including phenoxy) is 1. The van der Waals surface area contributed by atoms with Crippen molar-refractivity contribution < 1.29 is 14.1 Å². The number of hydrogen-bond acceptors (Lipinski definition) is 4. The lowest BCUT2D eigenvalue weighted by Crippen LogP contribution is -2.19. The molecule has 0 heterocycles. The number of halogens is 1. The van der Waals surface area contributed by atoms with E-state index in [4.69, 9.17) is 4.74 Å². The van der Waals surface area contributed by atoms with Gasteiger partial charge in [0.1, 0.15) is 5.82 Å². The first kappa shape index (κ1) is 15.5. The van der Waals surface area contributed by atoms with Crippen LogP contribution < -0.4 is 5.32 Å². The Hall–Kier alpha value is -1.53. The van der Waals surface area contributed by atoms with Gasteiger partial charge in [-0.25, -0.2) is 4.39 Å². The van der Waals surface area contributed by atoms with Gasteiger partial charge in [-0.2, -0.15) is 0 Å². The minimum atomic E-state index is -0.597. The molecule has 0 aromatic heterocycles. The second-order valence-corrected chi connectivity index (χ2v) is 4.22. The standard InChI is InChI=1S/C13H19FN2O3/c1-2-3-5-19-6-4-15-10-11-7-12(14)9-13(8-11)16(17)18/h7-9,15H,2-6,10H2,1H3. The van der Waals surface area contributed by atoms with Crippen molar-refractivity contribution in [3.63, 3.8) is 0 Å². The molecule has 1 N–H and O–H groups in total. The first-order chi connectivity index (χ1) is 9.13. The highest BCUT2D eigenvalue weighted by atomic mass is 19.1. The lowest BCUT2D eigenvalue weighted by atomic mass is 10.2. The highest BCUT2D eigenvalue weighted by Crippen LogP contribution is 2.15. The van der Waals surface area contributed by atoms with Crippen LogP contribution in [0.5, 0.6) is 0 Å². The summed E-state index contributed by atoms with van der Waals surface area (Å²) < 4.78 is 18.5. The molecule has 0 unspecified atom stereocenters. The van der Waals surface area contributed by atoms with Gasteiger partial charge in [-0.05, 0) is 18.1 Å². The lowest BCUT2D eigenvalue weighted by molar-refractivity contribution is -0.385. The van der Waals surface area contributed by atoms with E-state index >= 15 is 0 Å². The van der Waals surface area contributed by atoms with Crippen molar-refractivity contribution >= 4 is 5.69 Å². The van der Waals surface area contributed by atoms with Crippen LogP contribution in [-0.4, -0.2) is 24.7 Å². The van der Waals surface area contributed by atoms with Crippen molar-refractivity contribution in [2.75, 3.05) is 19.8 Å². The Morgan fingerprint density at radius 1 is 1.37 bits per heavy atom. The fourth-order valence-electron chi connectivity index (χ4n) is 1.57. The summed E-state index contributed by atoms with van der Waals surface area (Å²) in [5.41, 5.74) is 0.330. The van der Waals surface area contributed by atoms with Gasteiger partial charge in [-0.3, -0.25) is 10.1 Å². The maximum Gasteiger partial charge on any atom is 0.272 e. The summed E-state index contributed by atoms with van der Waals surface area (Å²) in [5, 5.41) is 13.6. The van der Waals surface area contributed by atoms with Gasteiger partial charge in [0.2, 0.25) is 0 Å². The summed E-state index contributed by atoms with van der Waals surface area (Å²) in [6.07, 6.45) is 2.14. The van der Waals surface area contributed by atoms with Crippen LogP contribution in [0.15, 0.2) is 18.2 Å². The SMILES string of the molecule is CCCCOCCNCc1cc(F)cc([N+](=O)[O-])c1. The molecule has 0 saturated heterocycles. The molecule has 19 heavy (non-hydrogen) atoms. The van der Waals surface area contributed by atoms with Crippen LogP contribution in [0.25, 0.3) is 0 Å². The molecule has 0 amide bonds. The van der Waals surface area contributed by atoms with E-state index in [9.17, 15) is 14.5 Å². The number of rotatable bonds is 9. The molecule has 1 rings (SSSR count). The minimum absolute atomic E-state index is 0.226. The molecule has 1 aromatic carbocycles. The van der Waals surface area contributed by atoms with E-state index in [1.807, 2.05) is 0 Å². The predicted octanol–water partition coefficient (Wildman–Crippen LogP) is 2.64. The first-order valence-corrected chi connectivity index (χ1v) is 6.35. The largest absolute Gasteiger partial charge is 0.380 e. The molecule has 0 aliphatic rings. The molecule has 0 bridgehead atoms. The Kier molecular flexibility index (Phi) is 6.99. The van der Waals surface area contributed by atoms with Crippen molar-refractivity contribution in [3.05, 3.63) is 39.7 Å². The van der Waals surface area contributed by atoms with Gasteiger partial charge in [-0.15, -0.1) is 0 Å². The van der Waals surface area contributed by atoms with Crippen LogP contribution in [-0.2, 0) is 11.3 Å². The molecule has 5 nitrogen and oxygen atoms in total. The van der Waals surface area contributed by atoms with Crippen molar-refractivity contribution in [3.8, 4) is 0 Å². The van der Waals surface area contributed by atoms with Gasteiger partial charge < -0.3 is 10.1 Å². The molecular weight excluding hydrogens is 251 g/mol. The normalized spacial score (nSPS) is 10.6. The number of unbranched alkanes of at least 4 members (excludes halogenated alkanes) is 1. The van der Waals surface area contributed by atoms with Gasteiger partial charge in [0.25, 0.3) is 5.69 Å². The molecule has 1 aromatic rings. The molecule has 0 saturated carbocycles. The third-order valence-electron chi connectivity index (χ3n) is 2.55. The Labute approximate surface area is 111 Å². The molecule has 0 aliphatic heterocycles. The van der Waals surface area contributed by atoms with Crippen LogP contribution >= 0.6 is 0 Å². The first-order valence-electron chi connectivity index (χ1n) is 6.35. The predicted molar refractivity (Wildman–Crippen MR) is 70.5 cm³/mol. The Morgan fingerprint density at radius 3 is 2.84 bits per heavy atom. The molecule has 0 radical (unpaired) electrons. The molecule has 6 heteroatoms. The lowest BCUT2D eigenvalue weighted by Gasteiger charge is -2.06. The second kappa shape index (κ2) is 8.55. The van der Waals surface area contributed by atoms with Crippen LogP contribution in [0, 0.1) is 15.9 Å². The molecule has 0 spiro atoms. The maximum absolute atomic E-state index is 13.1. The Bertz CT molecular complexity index is 413. The summed E-state index contributed by atoms with van der Waals surface area (Å²) >= 11 is 0. The van der Waals surface area contributed by atoms with Crippen molar-refractivity contribution in [2.24, 2.45) is 0 Å². The number of nitrogens with zero attached hydrogens (tertiary/aromatic N) is 1. The summed E-state index contributed by atoms with van der Waals surface area (Å²) in [6.45, 7) is 4.43. The smallest absolute Gasteiger partial charge is 0.272 e. The van der Waals surface area contributed by atoms with E-state index in [1.165, 1.54) is 12.1 Å². The quantitative estimate of drug-likeness (QED) is 0.425. The highest BCUT2D eigenvalue weighted by molar-refractivity contribution is 5.35. The number of nitro benzene ring substituents is 1. The molecule has 0 atom stereocenters. The van der Waals surface area contributed by atoms with Crippen molar-refractivity contribution in [1.82, 2.24) is 5.32 Å². The third kappa shape index (κ3) is 6.26. The zero-order chi connectivity index (χ0) is 14.1. The number of non-ortho nitro benzene ring substituents is 1. The molecule has 0 aliphatic carbocycles. The average molecular weight is 270 g/mol. The monoisotopic (exact) mass is 270 g/mol. The number of benzene rings is 1. The molecule has 106 valence electrons. The zero-order valence-corrected chi connectivity index (χ0v) is 11.0. The van der Waals surface area contributed by atoms with Gasteiger partial charge in [0, 0.05) is 25.8 Å². The second-order valence-electron chi connectivity index (χ2n) is 4.22. The van der Waals surface area contributed by atoms with Crippen molar-refractivity contribution in [1.29, 1.82) is 0 Å². The Morgan fingerprint density at radius 2 is 2.16 bits per heavy atom. The van der Waals surface area contributed by atoms with Crippen LogP contribution in [0.4, 0.5) is 10.1 Å². The van der Waals surface area contributed by atoms with E-state index in [0.29, 0.717) is 25.3 Å².